The lowest BCUT2D eigenvalue weighted by Crippen LogP contribution is -2.48. The number of nitrogens with zero attached hydrogens (tertiary/aromatic N) is 2. The molecule has 96 valence electrons. The van der Waals surface area contributed by atoms with Crippen LogP contribution in [0, 0.1) is 13.8 Å². The fourth-order valence-electron chi connectivity index (χ4n) is 2.11. The van der Waals surface area contributed by atoms with Crippen molar-refractivity contribution < 1.29 is 9.84 Å². The molecule has 0 amide bonds. The number of ether oxygens (including phenoxy) is 1. The first-order valence-corrected chi connectivity index (χ1v) is 6.81. The Hall–Kier alpha value is -0.490. The van der Waals surface area contributed by atoms with Crippen LogP contribution >= 0.6 is 11.3 Å². The lowest BCUT2D eigenvalue weighted by Gasteiger charge is -2.37. The van der Waals surface area contributed by atoms with Gasteiger partial charge in [-0.05, 0) is 20.8 Å². The van der Waals surface area contributed by atoms with Crippen molar-refractivity contribution in [2.45, 2.75) is 39.5 Å². The predicted molar refractivity (Wildman–Crippen MR) is 68.3 cm³/mol. The number of hydrogen-bond donors (Lipinski definition) is 1. The van der Waals surface area contributed by atoms with E-state index in [1.807, 2.05) is 6.92 Å². The van der Waals surface area contributed by atoms with E-state index in [1.54, 1.807) is 11.3 Å². The molecule has 4 nitrogen and oxygen atoms in total. The molecule has 0 aliphatic carbocycles. The van der Waals surface area contributed by atoms with Crippen molar-refractivity contribution in [3.63, 3.8) is 0 Å². The number of aliphatic hydroxyl groups excluding tert-OH is 1. The fraction of sp³-hybridized carbons (Fsp3) is 0.750. The fourth-order valence-corrected chi connectivity index (χ4v) is 3.07. The Morgan fingerprint density at radius 3 is 2.88 bits per heavy atom. The van der Waals surface area contributed by atoms with E-state index in [0.717, 1.165) is 23.8 Å². The summed E-state index contributed by atoms with van der Waals surface area (Å²) in [6, 6.07) is 0.402. The van der Waals surface area contributed by atoms with Gasteiger partial charge in [0.2, 0.25) is 0 Å². The number of aromatic nitrogens is 1. The molecule has 5 heteroatoms. The number of aliphatic hydroxyl groups is 1. The van der Waals surface area contributed by atoms with E-state index in [4.69, 9.17) is 9.84 Å². The summed E-state index contributed by atoms with van der Waals surface area (Å²) in [7, 11) is 0. The van der Waals surface area contributed by atoms with Crippen molar-refractivity contribution in [2.75, 3.05) is 19.8 Å². The minimum absolute atomic E-state index is 0.0412. The minimum Gasteiger partial charge on any atom is -0.394 e. The van der Waals surface area contributed by atoms with Crippen LogP contribution in [-0.2, 0) is 11.3 Å². The van der Waals surface area contributed by atoms with Gasteiger partial charge in [0.1, 0.15) is 0 Å². The van der Waals surface area contributed by atoms with Gasteiger partial charge in [-0.3, -0.25) is 4.90 Å². The zero-order valence-corrected chi connectivity index (χ0v) is 11.5. The maximum absolute atomic E-state index is 9.16. The van der Waals surface area contributed by atoms with Crippen molar-refractivity contribution in [3.05, 3.63) is 15.6 Å². The summed E-state index contributed by atoms with van der Waals surface area (Å²) >= 11 is 1.76. The molecule has 2 heterocycles. The van der Waals surface area contributed by atoms with Gasteiger partial charge in [0.15, 0.2) is 0 Å². The number of aryl methyl sites for hydroxylation is 2. The summed E-state index contributed by atoms with van der Waals surface area (Å²) in [5.74, 6) is 0. The summed E-state index contributed by atoms with van der Waals surface area (Å²) < 4.78 is 5.54. The molecule has 1 saturated heterocycles. The van der Waals surface area contributed by atoms with Crippen LogP contribution in [0.15, 0.2) is 0 Å². The Balaban J connectivity index is 2.03. The summed E-state index contributed by atoms with van der Waals surface area (Å²) in [5, 5.41) is 10.3. The van der Waals surface area contributed by atoms with E-state index in [1.165, 1.54) is 4.88 Å². The molecule has 1 aromatic rings. The zero-order chi connectivity index (χ0) is 12.4. The third-order valence-corrected chi connectivity index (χ3v) is 4.24. The Kier molecular flexibility index (Phi) is 4.14. The van der Waals surface area contributed by atoms with Crippen LogP contribution < -0.4 is 0 Å². The van der Waals surface area contributed by atoms with Gasteiger partial charge in [-0.1, -0.05) is 0 Å². The van der Waals surface area contributed by atoms with E-state index in [9.17, 15) is 0 Å². The Morgan fingerprint density at radius 1 is 1.53 bits per heavy atom. The molecule has 2 unspecified atom stereocenters. The average Bonchev–Trinajstić information content (AvgIpc) is 2.60. The molecule has 1 aliphatic rings. The number of morpholine rings is 1. The average molecular weight is 256 g/mol. The number of rotatable bonds is 3. The van der Waals surface area contributed by atoms with Crippen LogP contribution in [0.2, 0.25) is 0 Å². The van der Waals surface area contributed by atoms with E-state index >= 15 is 0 Å². The number of thiazole rings is 1. The SMILES string of the molecule is Cc1nc(C)c(CN2CC(CO)OCC2C)s1. The Morgan fingerprint density at radius 2 is 2.29 bits per heavy atom. The smallest absolute Gasteiger partial charge is 0.0933 e. The van der Waals surface area contributed by atoms with Gasteiger partial charge in [-0.2, -0.15) is 0 Å². The molecule has 1 fully saturated rings. The zero-order valence-electron chi connectivity index (χ0n) is 10.6. The van der Waals surface area contributed by atoms with Gasteiger partial charge in [0, 0.05) is 24.0 Å². The van der Waals surface area contributed by atoms with Crippen molar-refractivity contribution in [3.8, 4) is 0 Å². The summed E-state index contributed by atoms with van der Waals surface area (Å²) in [5.41, 5.74) is 1.13. The highest BCUT2D eigenvalue weighted by atomic mass is 32.1. The highest BCUT2D eigenvalue weighted by molar-refractivity contribution is 7.11. The summed E-state index contributed by atoms with van der Waals surface area (Å²) in [4.78, 5) is 8.14. The number of hydrogen-bond acceptors (Lipinski definition) is 5. The monoisotopic (exact) mass is 256 g/mol. The first-order chi connectivity index (χ1) is 8.10. The van der Waals surface area contributed by atoms with Crippen LogP contribution in [0.5, 0.6) is 0 Å². The molecule has 0 saturated carbocycles. The van der Waals surface area contributed by atoms with Crippen LogP contribution in [-0.4, -0.2) is 46.9 Å². The second kappa shape index (κ2) is 5.44. The van der Waals surface area contributed by atoms with Crippen LogP contribution in [0.4, 0.5) is 0 Å². The van der Waals surface area contributed by atoms with Crippen molar-refractivity contribution in [1.29, 1.82) is 0 Å². The van der Waals surface area contributed by atoms with Gasteiger partial charge in [-0.15, -0.1) is 11.3 Å². The summed E-state index contributed by atoms with van der Waals surface area (Å²) in [6.45, 7) is 8.78. The Labute approximate surface area is 106 Å². The lowest BCUT2D eigenvalue weighted by molar-refractivity contribution is -0.0803. The first-order valence-electron chi connectivity index (χ1n) is 5.99. The Bertz CT molecular complexity index is 381. The van der Waals surface area contributed by atoms with Gasteiger partial charge < -0.3 is 9.84 Å². The molecule has 1 aromatic heterocycles. The van der Waals surface area contributed by atoms with Crippen LogP contribution in [0.25, 0.3) is 0 Å². The van der Waals surface area contributed by atoms with Crippen molar-refractivity contribution in [1.82, 2.24) is 9.88 Å². The molecule has 0 bridgehead atoms. The van der Waals surface area contributed by atoms with Gasteiger partial charge in [-0.25, -0.2) is 4.98 Å². The molecule has 0 aromatic carbocycles. The van der Waals surface area contributed by atoms with Gasteiger partial charge >= 0.3 is 0 Å². The third kappa shape index (κ3) is 3.04. The molecule has 0 spiro atoms. The minimum atomic E-state index is -0.0412. The van der Waals surface area contributed by atoms with E-state index in [0.29, 0.717) is 12.6 Å². The molecule has 2 rings (SSSR count). The molecule has 17 heavy (non-hydrogen) atoms. The van der Waals surface area contributed by atoms with Gasteiger partial charge in [0.05, 0.1) is 30.0 Å². The maximum atomic E-state index is 9.16. The second-order valence-corrected chi connectivity index (χ2v) is 5.95. The van der Waals surface area contributed by atoms with Crippen LogP contribution in [0.3, 0.4) is 0 Å². The van der Waals surface area contributed by atoms with Crippen LogP contribution in [0.1, 0.15) is 22.5 Å². The molecule has 2 atom stereocenters. The molecular formula is C12H20N2O2S. The highest BCUT2D eigenvalue weighted by Gasteiger charge is 2.26. The molecular weight excluding hydrogens is 236 g/mol. The van der Waals surface area contributed by atoms with E-state index in [-0.39, 0.29) is 12.7 Å². The maximum Gasteiger partial charge on any atom is 0.0933 e. The van der Waals surface area contributed by atoms with Crippen molar-refractivity contribution in [2.24, 2.45) is 0 Å². The first kappa shape index (κ1) is 13.0. The van der Waals surface area contributed by atoms with E-state index in [2.05, 4.69) is 23.7 Å². The highest BCUT2D eigenvalue weighted by Crippen LogP contribution is 2.22. The largest absolute Gasteiger partial charge is 0.394 e. The third-order valence-electron chi connectivity index (χ3n) is 3.18. The molecule has 0 radical (unpaired) electrons. The normalized spacial score (nSPS) is 26.4. The van der Waals surface area contributed by atoms with Gasteiger partial charge in [0.25, 0.3) is 0 Å². The second-order valence-electron chi connectivity index (χ2n) is 4.66. The predicted octanol–water partition coefficient (Wildman–Crippen LogP) is 1.34. The lowest BCUT2D eigenvalue weighted by atomic mass is 10.2. The van der Waals surface area contributed by atoms with Crippen molar-refractivity contribution >= 4 is 11.3 Å². The topological polar surface area (TPSA) is 45.6 Å². The summed E-state index contributed by atoms with van der Waals surface area (Å²) in [6.07, 6.45) is -0.0412. The quantitative estimate of drug-likeness (QED) is 0.886. The molecule has 1 aliphatic heterocycles. The molecule has 1 N–H and O–H groups in total. The van der Waals surface area contributed by atoms with E-state index < -0.39 is 0 Å². The standard InChI is InChI=1S/C12H20N2O2S/c1-8-7-16-11(6-15)4-14(8)5-12-9(2)13-10(3)17-12/h8,11,15H,4-7H2,1-3H3.